The van der Waals surface area contributed by atoms with Crippen molar-refractivity contribution < 1.29 is 14.6 Å². The number of imidazole rings is 1. The Morgan fingerprint density at radius 3 is 2.79 bits per heavy atom. The fourth-order valence-corrected chi connectivity index (χ4v) is 3.64. The van der Waals surface area contributed by atoms with Gasteiger partial charge in [-0.15, -0.1) is 0 Å². The van der Waals surface area contributed by atoms with E-state index in [9.17, 15) is 9.90 Å². The van der Waals surface area contributed by atoms with E-state index in [1.165, 1.54) is 4.90 Å². The van der Waals surface area contributed by atoms with Crippen molar-refractivity contribution in [3.8, 4) is 11.3 Å². The number of hydrogen-bond acceptors (Lipinski definition) is 5. The Morgan fingerprint density at radius 1 is 1.48 bits per heavy atom. The van der Waals surface area contributed by atoms with E-state index in [0.29, 0.717) is 5.82 Å². The van der Waals surface area contributed by atoms with Crippen LogP contribution in [0, 0.1) is 3.57 Å². The Hall–Kier alpha value is -2.30. The number of likely N-dealkylation sites (tertiary alicyclic amines) is 1. The number of aliphatic hydroxyl groups is 1. The Morgan fingerprint density at radius 2 is 2.17 bits per heavy atom. The summed E-state index contributed by atoms with van der Waals surface area (Å²) in [5.41, 5.74) is 8.38. The van der Waals surface area contributed by atoms with Crippen LogP contribution in [-0.4, -0.2) is 50.4 Å². The monoisotopic (exact) mass is 510 g/mol. The molecule has 1 aromatic carbocycles. The molecule has 2 atom stereocenters. The van der Waals surface area contributed by atoms with Crippen molar-refractivity contribution in [1.29, 1.82) is 0 Å². The average molecular weight is 510 g/mol. The zero-order valence-electron chi connectivity index (χ0n) is 16.5. The topological polar surface area (TPSA) is 127 Å². The molecule has 0 aliphatic carbocycles. The minimum Gasteiger partial charge on any atom is -0.444 e. The van der Waals surface area contributed by atoms with Gasteiger partial charge in [0.15, 0.2) is 0 Å². The molecule has 9 nitrogen and oxygen atoms in total. The number of ether oxygens (including phenoxy) is 1. The van der Waals surface area contributed by atoms with E-state index in [1.54, 1.807) is 27.0 Å². The molecule has 1 aliphatic heterocycles. The Kier molecular flexibility index (Phi) is 6.06. The number of H-pyrrole nitrogens is 1. The molecule has 29 heavy (non-hydrogen) atoms. The Bertz CT molecular complexity index is 932. The molecule has 0 radical (unpaired) electrons. The van der Waals surface area contributed by atoms with Crippen LogP contribution in [-0.2, 0) is 4.74 Å². The van der Waals surface area contributed by atoms with Crippen molar-refractivity contribution in [2.24, 2.45) is 5.11 Å². The van der Waals surface area contributed by atoms with Crippen LogP contribution in [0.25, 0.3) is 21.7 Å². The Balaban J connectivity index is 1.90. The first-order valence-corrected chi connectivity index (χ1v) is 10.2. The number of nitrogens with zero attached hydrogens (tertiary/aromatic N) is 5. The van der Waals surface area contributed by atoms with Crippen LogP contribution in [0.3, 0.4) is 0 Å². The third-order valence-corrected chi connectivity index (χ3v) is 5.26. The average Bonchev–Trinajstić information content (AvgIpc) is 3.24. The summed E-state index contributed by atoms with van der Waals surface area (Å²) in [6.07, 6.45) is 1.34. The lowest BCUT2D eigenvalue weighted by Crippen LogP contribution is -2.41. The van der Waals surface area contributed by atoms with Crippen LogP contribution < -0.4 is 0 Å². The Labute approximate surface area is 182 Å². The van der Waals surface area contributed by atoms with Crippen LogP contribution in [0.15, 0.2) is 35.6 Å². The molecule has 1 amide bonds. The number of aromatic nitrogens is 2. The minimum absolute atomic E-state index is 0.00876. The van der Waals surface area contributed by atoms with Gasteiger partial charge < -0.3 is 14.8 Å². The van der Waals surface area contributed by atoms with Crippen molar-refractivity contribution in [2.75, 3.05) is 13.1 Å². The summed E-state index contributed by atoms with van der Waals surface area (Å²) in [6, 6.07) is 7.44. The standard InChI is InChI=1S/C19H23IN6O3/c1-18(2,3)29-17(27)26-11-19(28,10-23-25-21)8-15(26)16-22-9-14(24-16)12-4-6-13(20)7-5-12/h4-7,9,15,28H,8,10-11H2,1-3H3,(H,22,24)/t15-,19-/m1/s1. The van der Waals surface area contributed by atoms with Gasteiger partial charge in [-0.25, -0.2) is 9.78 Å². The van der Waals surface area contributed by atoms with E-state index in [-0.39, 0.29) is 19.5 Å². The number of amides is 1. The summed E-state index contributed by atoms with van der Waals surface area (Å²) in [4.78, 5) is 24.6. The van der Waals surface area contributed by atoms with E-state index in [2.05, 4.69) is 42.6 Å². The molecule has 0 bridgehead atoms. The van der Waals surface area contributed by atoms with E-state index in [4.69, 9.17) is 10.3 Å². The number of halogens is 1. The first-order valence-electron chi connectivity index (χ1n) is 9.14. The van der Waals surface area contributed by atoms with Gasteiger partial charge in [0.1, 0.15) is 11.4 Å². The van der Waals surface area contributed by atoms with Gasteiger partial charge in [-0.05, 0) is 66.6 Å². The van der Waals surface area contributed by atoms with Gasteiger partial charge in [0.05, 0.1) is 36.6 Å². The molecule has 0 unspecified atom stereocenters. The third kappa shape index (κ3) is 5.20. The highest BCUT2D eigenvalue weighted by atomic mass is 127. The summed E-state index contributed by atoms with van der Waals surface area (Å²) in [5.74, 6) is 0.543. The zero-order valence-corrected chi connectivity index (χ0v) is 18.6. The van der Waals surface area contributed by atoms with E-state index in [1.807, 2.05) is 24.3 Å². The van der Waals surface area contributed by atoms with Gasteiger partial charge >= 0.3 is 6.09 Å². The number of benzene rings is 1. The van der Waals surface area contributed by atoms with Crippen molar-refractivity contribution in [3.63, 3.8) is 0 Å². The van der Waals surface area contributed by atoms with Crippen LogP contribution in [0.4, 0.5) is 4.79 Å². The molecule has 2 heterocycles. The molecular weight excluding hydrogens is 487 g/mol. The van der Waals surface area contributed by atoms with Crippen LogP contribution >= 0.6 is 22.6 Å². The number of nitrogens with one attached hydrogen (secondary N) is 1. The van der Waals surface area contributed by atoms with Crippen molar-refractivity contribution in [3.05, 3.63) is 50.3 Å². The molecular formula is C19H23IN6O3. The number of azide groups is 1. The fourth-order valence-electron chi connectivity index (χ4n) is 3.28. The lowest BCUT2D eigenvalue weighted by Gasteiger charge is -2.28. The second-order valence-corrected chi connectivity index (χ2v) is 9.38. The van der Waals surface area contributed by atoms with Gasteiger partial charge in [0.25, 0.3) is 0 Å². The molecule has 0 spiro atoms. The normalized spacial score (nSPS) is 21.7. The first-order chi connectivity index (χ1) is 13.6. The SMILES string of the molecule is CC(C)(C)OC(=O)N1C[C@](O)(CN=[N+]=[N-])C[C@@H]1c1ncc(-c2ccc(I)cc2)[nH]1. The van der Waals surface area contributed by atoms with Gasteiger partial charge in [0, 0.05) is 14.9 Å². The van der Waals surface area contributed by atoms with Crippen molar-refractivity contribution in [1.82, 2.24) is 14.9 Å². The maximum atomic E-state index is 12.8. The van der Waals surface area contributed by atoms with E-state index in [0.717, 1.165) is 14.8 Å². The molecule has 1 aromatic heterocycles. The van der Waals surface area contributed by atoms with Crippen LogP contribution in [0.1, 0.15) is 39.1 Å². The second-order valence-electron chi connectivity index (χ2n) is 8.13. The van der Waals surface area contributed by atoms with Crippen molar-refractivity contribution >= 4 is 28.7 Å². The fraction of sp³-hybridized carbons (Fsp3) is 0.474. The molecule has 0 saturated carbocycles. The zero-order chi connectivity index (χ0) is 21.2. The van der Waals surface area contributed by atoms with Gasteiger partial charge in [-0.1, -0.05) is 17.2 Å². The minimum atomic E-state index is -1.34. The summed E-state index contributed by atoms with van der Waals surface area (Å²) in [6.45, 7) is 5.20. The number of carbonyl (C=O) groups excluding carboxylic acids is 1. The number of rotatable bonds is 4. The largest absolute Gasteiger partial charge is 0.444 e. The number of aromatic amines is 1. The quantitative estimate of drug-likeness (QED) is 0.274. The molecule has 10 heteroatoms. The molecule has 1 fully saturated rings. The second kappa shape index (κ2) is 8.21. The molecule has 1 saturated heterocycles. The molecule has 2 N–H and O–H groups in total. The highest BCUT2D eigenvalue weighted by Gasteiger charge is 2.47. The molecule has 154 valence electrons. The highest BCUT2D eigenvalue weighted by molar-refractivity contribution is 14.1. The molecule has 3 rings (SSSR count). The van der Waals surface area contributed by atoms with Crippen molar-refractivity contribution in [2.45, 2.75) is 44.4 Å². The third-order valence-electron chi connectivity index (χ3n) is 4.54. The predicted molar refractivity (Wildman–Crippen MR) is 116 cm³/mol. The highest BCUT2D eigenvalue weighted by Crippen LogP contribution is 2.38. The summed E-state index contributed by atoms with van der Waals surface area (Å²) in [7, 11) is 0. The summed E-state index contributed by atoms with van der Waals surface area (Å²) < 4.78 is 6.63. The molecule has 2 aromatic rings. The molecule has 1 aliphatic rings. The maximum Gasteiger partial charge on any atom is 0.411 e. The number of hydrogen-bond donors (Lipinski definition) is 2. The summed E-state index contributed by atoms with van der Waals surface area (Å²) >= 11 is 2.24. The summed E-state index contributed by atoms with van der Waals surface area (Å²) in [5, 5.41) is 14.4. The first kappa shape index (κ1) is 21.4. The van der Waals surface area contributed by atoms with Crippen LogP contribution in [0.2, 0.25) is 0 Å². The maximum absolute atomic E-state index is 12.8. The number of β-amino-alcohol motifs (C(OH)–C–C–N with tert-alkyl or cyclic N) is 1. The predicted octanol–water partition coefficient (Wildman–Crippen LogP) is 4.40. The van der Waals surface area contributed by atoms with E-state index < -0.39 is 23.3 Å². The van der Waals surface area contributed by atoms with E-state index >= 15 is 0 Å². The lowest BCUT2D eigenvalue weighted by molar-refractivity contribution is 0.0136. The van der Waals surface area contributed by atoms with Crippen LogP contribution in [0.5, 0.6) is 0 Å². The van der Waals surface area contributed by atoms with Gasteiger partial charge in [0.2, 0.25) is 0 Å². The lowest BCUT2D eigenvalue weighted by atomic mass is 10.0. The van der Waals surface area contributed by atoms with Gasteiger partial charge in [-0.3, -0.25) is 4.90 Å². The smallest absolute Gasteiger partial charge is 0.411 e. The van der Waals surface area contributed by atoms with Gasteiger partial charge in [-0.2, -0.15) is 0 Å². The number of carbonyl (C=O) groups is 1.